The Hall–Kier alpha value is -1.77. The summed E-state index contributed by atoms with van der Waals surface area (Å²) in [5, 5.41) is 0. The highest BCUT2D eigenvalue weighted by molar-refractivity contribution is 6.38. The highest BCUT2D eigenvalue weighted by Gasteiger charge is 2.24. The number of carbonyl (C=O) groups excluding carboxylic acids is 2. The van der Waals surface area contributed by atoms with Crippen LogP contribution in [0.5, 0.6) is 0 Å². The number of hydrogen-bond acceptors (Lipinski definition) is 3. The molecule has 94 valence electrons. The van der Waals surface area contributed by atoms with E-state index in [4.69, 9.17) is 0 Å². The largest absolute Gasteiger partial charge is 0.298 e. The molecule has 1 saturated carbocycles. The summed E-state index contributed by atoms with van der Waals surface area (Å²) < 4.78 is 0. The topological polar surface area (TPSA) is 46.5 Å². The van der Waals surface area contributed by atoms with Crippen LogP contribution in [0.1, 0.15) is 54.1 Å². The number of hydrogen-bond donors (Lipinski definition) is 0. The zero-order valence-corrected chi connectivity index (χ0v) is 11.0. The summed E-state index contributed by atoms with van der Waals surface area (Å²) in [6.07, 6.45) is 3.23. The molecule has 0 radical (unpaired) electrons. The van der Waals surface area contributed by atoms with Gasteiger partial charge < -0.3 is 0 Å². The van der Waals surface area contributed by atoms with Crippen molar-refractivity contribution in [1.82, 2.24) is 0 Å². The smallest absolute Gasteiger partial charge is 0.173 e. The lowest BCUT2D eigenvalue weighted by Crippen LogP contribution is -2.04. The summed E-state index contributed by atoms with van der Waals surface area (Å²) in [7, 11) is 0. The van der Waals surface area contributed by atoms with Crippen LogP contribution < -0.4 is 0 Å². The van der Waals surface area contributed by atoms with Gasteiger partial charge >= 0.3 is 0 Å². The molecule has 1 aromatic carbocycles. The van der Waals surface area contributed by atoms with Crippen LogP contribution in [-0.2, 0) is 4.79 Å². The van der Waals surface area contributed by atoms with E-state index in [1.807, 2.05) is 13.0 Å². The predicted molar refractivity (Wildman–Crippen MR) is 72.0 cm³/mol. The van der Waals surface area contributed by atoms with Gasteiger partial charge in [0.2, 0.25) is 0 Å². The van der Waals surface area contributed by atoms with Gasteiger partial charge in [-0.3, -0.25) is 9.59 Å². The van der Waals surface area contributed by atoms with Crippen molar-refractivity contribution in [3.05, 3.63) is 28.8 Å². The van der Waals surface area contributed by atoms with Gasteiger partial charge in [-0.1, -0.05) is 6.07 Å². The maximum Gasteiger partial charge on any atom is 0.173 e. The lowest BCUT2D eigenvalue weighted by molar-refractivity contribution is -0.111. The van der Waals surface area contributed by atoms with Crippen LogP contribution in [0.3, 0.4) is 0 Å². The average Bonchev–Trinajstić information content (AvgIpc) is 3.14. The van der Waals surface area contributed by atoms with Crippen LogP contribution in [0.15, 0.2) is 17.1 Å². The van der Waals surface area contributed by atoms with Gasteiger partial charge in [-0.05, 0) is 49.8 Å². The third-order valence-corrected chi connectivity index (χ3v) is 3.32. The standard InChI is InChI=1S/C15H17NO2/c1-9-6-13(12-4-5-12)7-14(8-17)15(9)16-10(2)11(3)18/h6-8,12H,4-5H2,1-3H3. The summed E-state index contributed by atoms with van der Waals surface area (Å²) >= 11 is 0. The van der Waals surface area contributed by atoms with E-state index in [0.29, 0.717) is 22.9 Å². The molecule has 3 nitrogen and oxygen atoms in total. The van der Waals surface area contributed by atoms with Gasteiger partial charge in [0.25, 0.3) is 0 Å². The summed E-state index contributed by atoms with van der Waals surface area (Å²) in [6.45, 7) is 5.09. The number of aryl methyl sites for hydroxylation is 1. The Labute approximate surface area is 107 Å². The fraction of sp³-hybridized carbons (Fsp3) is 0.400. The first-order valence-corrected chi connectivity index (χ1v) is 6.19. The zero-order chi connectivity index (χ0) is 13.3. The maximum atomic E-state index is 11.2. The number of aliphatic imine (C=N–C) groups is 1. The van der Waals surface area contributed by atoms with Crippen LogP contribution in [0.2, 0.25) is 0 Å². The Bertz CT molecular complexity index is 540. The quantitative estimate of drug-likeness (QED) is 0.601. The number of carbonyl (C=O) groups is 2. The van der Waals surface area contributed by atoms with E-state index < -0.39 is 0 Å². The van der Waals surface area contributed by atoms with Gasteiger partial charge in [0.1, 0.15) is 0 Å². The van der Waals surface area contributed by atoms with Crippen LogP contribution in [0.25, 0.3) is 0 Å². The highest BCUT2D eigenvalue weighted by Crippen LogP contribution is 2.42. The van der Waals surface area contributed by atoms with E-state index in [0.717, 1.165) is 11.8 Å². The van der Waals surface area contributed by atoms with Gasteiger partial charge in [-0.25, -0.2) is 4.99 Å². The molecule has 0 atom stereocenters. The van der Waals surface area contributed by atoms with Gasteiger partial charge in [0.15, 0.2) is 12.1 Å². The molecule has 0 unspecified atom stereocenters. The van der Waals surface area contributed by atoms with E-state index in [1.165, 1.54) is 25.3 Å². The highest BCUT2D eigenvalue weighted by atomic mass is 16.1. The fourth-order valence-corrected chi connectivity index (χ4v) is 1.98. The Morgan fingerprint density at radius 2 is 2.00 bits per heavy atom. The number of Topliss-reactive ketones (excluding diaryl/α,β-unsaturated/α-hetero) is 1. The normalized spacial score (nSPS) is 15.6. The van der Waals surface area contributed by atoms with Crippen molar-refractivity contribution < 1.29 is 9.59 Å². The molecule has 2 rings (SSSR count). The molecule has 1 aliphatic rings. The Balaban J connectivity index is 2.49. The average molecular weight is 243 g/mol. The lowest BCUT2D eigenvalue weighted by atomic mass is 10.0. The van der Waals surface area contributed by atoms with E-state index in [-0.39, 0.29) is 5.78 Å². The van der Waals surface area contributed by atoms with Crippen LogP contribution in [-0.4, -0.2) is 17.8 Å². The molecule has 1 aliphatic carbocycles. The molecule has 0 bridgehead atoms. The molecule has 0 heterocycles. The van der Waals surface area contributed by atoms with Crippen molar-refractivity contribution in [3.63, 3.8) is 0 Å². The summed E-state index contributed by atoms with van der Waals surface area (Å²) in [6, 6.07) is 3.99. The van der Waals surface area contributed by atoms with E-state index in [1.54, 1.807) is 6.92 Å². The number of aldehydes is 1. The summed E-state index contributed by atoms with van der Waals surface area (Å²) in [5.41, 5.74) is 3.82. The minimum absolute atomic E-state index is 0.0717. The number of ketones is 1. The summed E-state index contributed by atoms with van der Waals surface area (Å²) in [5.74, 6) is 0.534. The first-order valence-electron chi connectivity index (χ1n) is 6.19. The molecule has 0 N–H and O–H groups in total. The SMILES string of the molecule is CC(=O)C(C)=Nc1c(C)cc(C2CC2)cc1C=O. The molecular weight excluding hydrogens is 226 g/mol. The van der Waals surface area contributed by atoms with Crippen molar-refractivity contribution in [2.24, 2.45) is 4.99 Å². The maximum absolute atomic E-state index is 11.2. The van der Waals surface area contributed by atoms with Crippen LogP contribution in [0.4, 0.5) is 5.69 Å². The second-order valence-electron chi connectivity index (χ2n) is 4.92. The molecule has 0 amide bonds. The van der Waals surface area contributed by atoms with Gasteiger partial charge in [0, 0.05) is 12.5 Å². The van der Waals surface area contributed by atoms with Crippen molar-refractivity contribution in [3.8, 4) is 0 Å². The van der Waals surface area contributed by atoms with Gasteiger partial charge in [-0.15, -0.1) is 0 Å². The van der Waals surface area contributed by atoms with Gasteiger partial charge in [-0.2, -0.15) is 0 Å². The molecule has 0 spiro atoms. The fourth-order valence-electron chi connectivity index (χ4n) is 1.98. The van der Waals surface area contributed by atoms with E-state index >= 15 is 0 Å². The summed E-state index contributed by atoms with van der Waals surface area (Å²) in [4.78, 5) is 26.7. The molecule has 0 aliphatic heterocycles. The molecule has 1 aromatic rings. The lowest BCUT2D eigenvalue weighted by Gasteiger charge is -2.08. The van der Waals surface area contributed by atoms with Gasteiger partial charge in [0.05, 0.1) is 11.4 Å². The molecular formula is C15H17NO2. The number of nitrogens with zero attached hydrogens (tertiary/aromatic N) is 1. The minimum Gasteiger partial charge on any atom is -0.298 e. The molecule has 1 fully saturated rings. The Morgan fingerprint density at radius 3 is 2.50 bits per heavy atom. The minimum atomic E-state index is -0.0717. The molecule has 0 saturated heterocycles. The van der Waals surface area contributed by atoms with Crippen LogP contribution >= 0.6 is 0 Å². The monoisotopic (exact) mass is 243 g/mol. The number of benzene rings is 1. The van der Waals surface area contributed by atoms with Crippen molar-refractivity contribution in [1.29, 1.82) is 0 Å². The Morgan fingerprint density at radius 1 is 1.33 bits per heavy atom. The zero-order valence-electron chi connectivity index (χ0n) is 11.0. The van der Waals surface area contributed by atoms with Crippen LogP contribution in [0, 0.1) is 6.92 Å². The first-order chi connectivity index (χ1) is 8.52. The van der Waals surface area contributed by atoms with Crippen molar-refractivity contribution in [2.45, 2.75) is 39.5 Å². The van der Waals surface area contributed by atoms with Crippen molar-refractivity contribution in [2.75, 3.05) is 0 Å². The van der Waals surface area contributed by atoms with E-state index in [2.05, 4.69) is 11.1 Å². The third kappa shape index (κ3) is 2.55. The van der Waals surface area contributed by atoms with E-state index in [9.17, 15) is 9.59 Å². The molecule has 3 heteroatoms. The number of rotatable bonds is 4. The molecule has 0 aromatic heterocycles. The predicted octanol–water partition coefficient (Wildman–Crippen LogP) is 3.37. The van der Waals surface area contributed by atoms with Crippen molar-refractivity contribution >= 4 is 23.5 Å². The second-order valence-corrected chi connectivity index (χ2v) is 4.92. The molecule has 18 heavy (non-hydrogen) atoms. The third-order valence-electron chi connectivity index (χ3n) is 3.32. The first kappa shape index (κ1) is 12.7. The second kappa shape index (κ2) is 4.84. The Kier molecular flexibility index (Phi) is 3.41.